The first-order valence-electron chi connectivity index (χ1n) is 5.45. The molecule has 0 bridgehead atoms. The van der Waals surface area contributed by atoms with Crippen molar-refractivity contribution in [3.63, 3.8) is 0 Å². The predicted octanol–water partition coefficient (Wildman–Crippen LogP) is 2.45. The highest BCUT2D eigenvalue weighted by Gasteiger charge is 2.05. The average Bonchev–Trinajstić information content (AvgIpc) is 2.30. The molecule has 0 amide bonds. The van der Waals surface area contributed by atoms with Gasteiger partial charge in [0, 0.05) is 13.2 Å². The second kappa shape index (κ2) is 10.4. The summed E-state index contributed by atoms with van der Waals surface area (Å²) in [5.74, 6) is 0. The van der Waals surface area contributed by atoms with Crippen molar-refractivity contribution in [1.82, 2.24) is 0 Å². The zero-order valence-corrected chi connectivity index (χ0v) is 11.4. The Balaban J connectivity index is 0.000000288. The van der Waals surface area contributed by atoms with Gasteiger partial charge in [-0.15, -0.1) is 6.42 Å². The summed E-state index contributed by atoms with van der Waals surface area (Å²) in [7, 11) is -1.69. The van der Waals surface area contributed by atoms with Crippen LogP contribution < -0.4 is 0 Å². The molecule has 0 aliphatic carbocycles. The van der Waals surface area contributed by atoms with Gasteiger partial charge >= 0.3 is 9.28 Å². The van der Waals surface area contributed by atoms with Crippen LogP contribution in [0.15, 0.2) is 30.3 Å². The van der Waals surface area contributed by atoms with Crippen LogP contribution in [0, 0.1) is 18.9 Å². The molecule has 16 heavy (non-hydrogen) atoms. The van der Waals surface area contributed by atoms with E-state index in [0.29, 0.717) is 13.2 Å². The molecule has 1 rings (SSSR count). The van der Waals surface area contributed by atoms with Crippen LogP contribution in [0.5, 0.6) is 0 Å². The van der Waals surface area contributed by atoms with Gasteiger partial charge in [-0.05, 0) is 20.8 Å². The normalized spacial score (nSPS) is 9.19. The maximum atomic E-state index is 5.11. The lowest BCUT2D eigenvalue weighted by atomic mass is 10.2. The number of hydrogen-bond donors (Lipinski definition) is 0. The molecule has 2 nitrogen and oxygen atoms in total. The first kappa shape index (κ1) is 14.9. The van der Waals surface area contributed by atoms with E-state index in [0.717, 1.165) is 0 Å². The van der Waals surface area contributed by atoms with Gasteiger partial charge in [-0.1, -0.05) is 41.4 Å². The van der Waals surface area contributed by atoms with E-state index in [9.17, 15) is 0 Å². The minimum absolute atomic E-state index is 0.654. The van der Waals surface area contributed by atoms with Crippen molar-refractivity contribution < 1.29 is 8.85 Å². The fourth-order valence-corrected chi connectivity index (χ4v) is 1.88. The Bertz CT molecular complexity index is 287. The highest BCUT2D eigenvalue weighted by atomic mass is 28.3. The van der Waals surface area contributed by atoms with Crippen LogP contribution in [0.3, 0.4) is 0 Å². The molecule has 0 unspecified atom stereocenters. The van der Waals surface area contributed by atoms with E-state index in [1.165, 1.54) is 5.56 Å². The highest BCUT2D eigenvalue weighted by molar-refractivity contribution is 6.54. The SMILES string of the molecule is C#C[SiH](OCC)OCC.Cc1ccccc1. The first-order chi connectivity index (χ1) is 7.74. The molecule has 0 aliphatic heterocycles. The van der Waals surface area contributed by atoms with Crippen molar-refractivity contribution in [2.45, 2.75) is 20.8 Å². The van der Waals surface area contributed by atoms with Crippen molar-refractivity contribution in [1.29, 1.82) is 0 Å². The zero-order chi connectivity index (χ0) is 12.2. The van der Waals surface area contributed by atoms with E-state index in [1.807, 2.05) is 32.0 Å². The van der Waals surface area contributed by atoms with Gasteiger partial charge in [0.1, 0.15) is 0 Å². The molecule has 0 radical (unpaired) electrons. The smallest absolute Gasteiger partial charge is 0.388 e. The van der Waals surface area contributed by atoms with Crippen molar-refractivity contribution in [3.8, 4) is 12.0 Å². The molecular weight excluding hydrogens is 216 g/mol. The number of terminal acetylenes is 1. The molecule has 0 N–H and O–H groups in total. The Morgan fingerprint density at radius 1 is 1.12 bits per heavy atom. The summed E-state index contributed by atoms with van der Waals surface area (Å²) in [5.41, 5.74) is 3.82. The second-order valence-corrected chi connectivity index (χ2v) is 4.73. The van der Waals surface area contributed by atoms with Crippen molar-refractivity contribution >= 4 is 9.28 Å². The van der Waals surface area contributed by atoms with Crippen LogP contribution >= 0.6 is 0 Å². The molecular formula is C13H20O2Si. The Hall–Kier alpha value is -1.08. The van der Waals surface area contributed by atoms with Crippen molar-refractivity contribution in [3.05, 3.63) is 35.9 Å². The molecule has 0 saturated heterocycles. The number of hydrogen-bond acceptors (Lipinski definition) is 2. The van der Waals surface area contributed by atoms with Gasteiger partial charge in [0.25, 0.3) is 0 Å². The van der Waals surface area contributed by atoms with Crippen LogP contribution in [0.4, 0.5) is 0 Å². The maximum absolute atomic E-state index is 5.11. The monoisotopic (exact) mass is 236 g/mol. The number of aryl methyl sites for hydroxylation is 1. The van der Waals surface area contributed by atoms with E-state index in [-0.39, 0.29) is 0 Å². The zero-order valence-electron chi connectivity index (χ0n) is 10.3. The Morgan fingerprint density at radius 3 is 1.88 bits per heavy atom. The summed E-state index contributed by atoms with van der Waals surface area (Å²) in [4.78, 5) is 0. The van der Waals surface area contributed by atoms with Crippen molar-refractivity contribution in [2.75, 3.05) is 13.2 Å². The summed E-state index contributed by atoms with van der Waals surface area (Å²) < 4.78 is 10.2. The molecule has 3 heteroatoms. The quantitative estimate of drug-likeness (QED) is 0.590. The number of benzene rings is 1. The largest absolute Gasteiger partial charge is 0.407 e. The van der Waals surface area contributed by atoms with Gasteiger partial charge in [-0.3, -0.25) is 0 Å². The third-order valence-electron chi connectivity index (χ3n) is 1.71. The van der Waals surface area contributed by atoms with Crippen LogP contribution in [0.25, 0.3) is 0 Å². The van der Waals surface area contributed by atoms with E-state index in [2.05, 4.69) is 24.6 Å². The lowest BCUT2D eigenvalue weighted by molar-refractivity contribution is 0.226. The fraction of sp³-hybridized carbons (Fsp3) is 0.385. The summed E-state index contributed by atoms with van der Waals surface area (Å²) in [6.45, 7) is 7.22. The molecule has 0 aliphatic rings. The van der Waals surface area contributed by atoms with Crippen LogP contribution in [-0.4, -0.2) is 22.5 Å². The maximum Gasteiger partial charge on any atom is 0.407 e. The summed E-state index contributed by atoms with van der Waals surface area (Å²) in [6.07, 6.45) is 5.11. The lowest BCUT2D eigenvalue weighted by Gasteiger charge is -2.06. The molecule has 0 aromatic heterocycles. The molecule has 88 valence electrons. The minimum atomic E-state index is -1.69. The third kappa shape index (κ3) is 8.24. The van der Waals surface area contributed by atoms with E-state index < -0.39 is 9.28 Å². The third-order valence-corrected chi connectivity index (χ3v) is 3.26. The Labute approximate surface area is 100 Å². The number of rotatable bonds is 4. The standard InChI is InChI=1S/C7H8.C6H12O2Si/c1-7-5-3-2-4-6-7;1-4-7-9(6-3)8-5-2/h2-6H,1H3;3,9H,4-5H2,1-2H3. The van der Waals surface area contributed by atoms with E-state index >= 15 is 0 Å². The van der Waals surface area contributed by atoms with Crippen LogP contribution in [0.2, 0.25) is 0 Å². The second-order valence-electron chi connectivity index (χ2n) is 3.06. The van der Waals surface area contributed by atoms with Gasteiger partial charge in [0.05, 0.1) is 0 Å². The van der Waals surface area contributed by atoms with Gasteiger partial charge in [-0.25, -0.2) is 0 Å². The van der Waals surface area contributed by atoms with Crippen LogP contribution in [-0.2, 0) is 8.85 Å². The topological polar surface area (TPSA) is 18.5 Å². The first-order valence-corrected chi connectivity index (χ1v) is 6.97. The molecule has 0 fully saturated rings. The summed E-state index contributed by atoms with van der Waals surface area (Å²) in [5, 5.41) is 0. The van der Waals surface area contributed by atoms with Gasteiger partial charge in [0.2, 0.25) is 0 Å². The summed E-state index contributed by atoms with van der Waals surface area (Å²) >= 11 is 0. The van der Waals surface area contributed by atoms with Gasteiger partial charge in [0.15, 0.2) is 0 Å². The average molecular weight is 236 g/mol. The Morgan fingerprint density at radius 2 is 1.62 bits per heavy atom. The minimum Gasteiger partial charge on any atom is -0.388 e. The molecule has 1 aromatic carbocycles. The summed E-state index contributed by atoms with van der Waals surface area (Å²) in [6, 6.07) is 10.3. The van der Waals surface area contributed by atoms with E-state index in [4.69, 9.17) is 15.3 Å². The van der Waals surface area contributed by atoms with E-state index in [1.54, 1.807) is 0 Å². The van der Waals surface area contributed by atoms with Crippen LogP contribution in [0.1, 0.15) is 19.4 Å². The van der Waals surface area contributed by atoms with Gasteiger partial charge in [-0.2, -0.15) is 0 Å². The molecule has 1 aromatic rings. The van der Waals surface area contributed by atoms with Gasteiger partial charge < -0.3 is 8.85 Å². The fourth-order valence-electron chi connectivity index (χ4n) is 0.981. The molecule has 0 heterocycles. The Kier molecular flexibility index (Phi) is 9.73. The molecule has 0 atom stereocenters. The predicted molar refractivity (Wildman–Crippen MR) is 70.4 cm³/mol. The lowest BCUT2D eigenvalue weighted by Crippen LogP contribution is -2.20. The highest BCUT2D eigenvalue weighted by Crippen LogP contribution is 1.92. The van der Waals surface area contributed by atoms with Crippen molar-refractivity contribution in [2.24, 2.45) is 0 Å². The molecule has 0 saturated carbocycles. The molecule has 0 spiro atoms.